The molecule has 3 aliphatic rings. The predicted octanol–water partition coefficient (Wildman–Crippen LogP) is 2.20. The summed E-state index contributed by atoms with van der Waals surface area (Å²) in [5, 5.41) is 0. The van der Waals surface area contributed by atoms with E-state index >= 15 is 0 Å². The van der Waals surface area contributed by atoms with Gasteiger partial charge in [-0.3, -0.25) is 9.59 Å². The Labute approximate surface area is 163 Å². The van der Waals surface area contributed by atoms with Crippen molar-refractivity contribution < 1.29 is 33.4 Å². The van der Waals surface area contributed by atoms with E-state index in [1.54, 1.807) is 6.92 Å². The van der Waals surface area contributed by atoms with Gasteiger partial charge in [0, 0.05) is 30.4 Å². The molecule has 1 saturated heterocycles. The highest BCUT2D eigenvalue weighted by atomic mass is 16.6. The Balaban J connectivity index is 2.13. The Morgan fingerprint density at radius 1 is 1.25 bits per heavy atom. The quantitative estimate of drug-likeness (QED) is 0.415. The number of fused-ring (bicyclic) bond motifs is 3. The first-order chi connectivity index (χ1) is 13.0. The first-order valence-corrected chi connectivity index (χ1v) is 9.16. The fourth-order valence-corrected chi connectivity index (χ4v) is 4.52. The van der Waals surface area contributed by atoms with Gasteiger partial charge in [-0.25, -0.2) is 9.59 Å². The van der Waals surface area contributed by atoms with Gasteiger partial charge < -0.3 is 14.2 Å². The summed E-state index contributed by atoms with van der Waals surface area (Å²) >= 11 is 0. The van der Waals surface area contributed by atoms with Gasteiger partial charge in [0.15, 0.2) is 5.78 Å². The Morgan fingerprint density at radius 2 is 1.89 bits per heavy atom. The summed E-state index contributed by atoms with van der Waals surface area (Å²) in [6.45, 7) is 11.4. The molecule has 0 aromatic carbocycles. The van der Waals surface area contributed by atoms with Crippen LogP contribution in [0.25, 0.3) is 0 Å². The lowest BCUT2D eigenvalue weighted by Gasteiger charge is -2.34. The molecule has 7 nitrogen and oxygen atoms in total. The van der Waals surface area contributed by atoms with E-state index in [4.69, 9.17) is 14.2 Å². The van der Waals surface area contributed by atoms with E-state index in [9.17, 15) is 19.2 Å². The van der Waals surface area contributed by atoms with Crippen molar-refractivity contribution in [3.63, 3.8) is 0 Å². The van der Waals surface area contributed by atoms with Crippen LogP contribution in [0.5, 0.6) is 0 Å². The summed E-state index contributed by atoms with van der Waals surface area (Å²) in [6.07, 6.45) is 0.220. The van der Waals surface area contributed by atoms with E-state index in [0.29, 0.717) is 5.57 Å². The standard InChI is InChI=1S/C21H24O7/c1-9(2)19(24)28-21(6)17-14(26-12(5)22)8-11(4)15-13(23)7-10(3)16(15)18(17)27-20(21)25/h7,14,16-18H,1,8H2,2-6H3/t14-,16-,17+,18+,21+/m0/s1. The Morgan fingerprint density at radius 3 is 2.46 bits per heavy atom. The number of carbonyl (C=O) groups excluding carboxylic acids is 4. The molecular formula is C21H24O7. The molecule has 2 aliphatic carbocycles. The second-order valence-electron chi connectivity index (χ2n) is 7.95. The summed E-state index contributed by atoms with van der Waals surface area (Å²) in [5.74, 6) is -3.33. The molecule has 0 radical (unpaired) electrons. The Bertz CT molecular complexity index is 862. The molecule has 0 amide bonds. The van der Waals surface area contributed by atoms with Crippen LogP contribution in [-0.4, -0.2) is 41.5 Å². The lowest BCUT2D eigenvalue weighted by Crippen LogP contribution is -2.50. The predicted molar refractivity (Wildman–Crippen MR) is 97.8 cm³/mol. The van der Waals surface area contributed by atoms with Crippen LogP contribution in [0.4, 0.5) is 0 Å². The fraction of sp³-hybridized carbons (Fsp3) is 0.524. The number of esters is 3. The van der Waals surface area contributed by atoms with Gasteiger partial charge in [0.2, 0.25) is 5.60 Å². The van der Waals surface area contributed by atoms with E-state index in [1.807, 2.05) is 6.92 Å². The first-order valence-electron chi connectivity index (χ1n) is 9.16. The van der Waals surface area contributed by atoms with Crippen LogP contribution in [0.3, 0.4) is 0 Å². The number of carbonyl (C=O) groups is 4. The van der Waals surface area contributed by atoms with Crippen LogP contribution in [-0.2, 0) is 33.4 Å². The molecule has 28 heavy (non-hydrogen) atoms. The Kier molecular flexibility index (Phi) is 4.81. The molecule has 5 atom stereocenters. The van der Waals surface area contributed by atoms with Crippen molar-refractivity contribution in [2.75, 3.05) is 0 Å². The molecular weight excluding hydrogens is 364 g/mol. The molecule has 0 aromatic heterocycles. The van der Waals surface area contributed by atoms with E-state index in [-0.39, 0.29) is 17.8 Å². The monoisotopic (exact) mass is 388 g/mol. The van der Waals surface area contributed by atoms with E-state index < -0.39 is 47.6 Å². The smallest absolute Gasteiger partial charge is 0.351 e. The maximum absolute atomic E-state index is 12.8. The van der Waals surface area contributed by atoms with Crippen molar-refractivity contribution in [1.29, 1.82) is 0 Å². The zero-order valence-electron chi connectivity index (χ0n) is 16.7. The van der Waals surface area contributed by atoms with Crippen molar-refractivity contribution in [2.24, 2.45) is 11.8 Å². The van der Waals surface area contributed by atoms with Crippen molar-refractivity contribution >= 4 is 23.7 Å². The van der Waals surface area contributed by atoms with Crippen molar-refractivity contribution in [1.82, 2.24) is 0 Å². The van der Waals surface area contributed by atoms with Crippen LogP contribution in [0.2, 0.25) is 0 Å². The molecule has 7 heteroatoms. The first kappa shape index (κ1) is 20.0. The summed E-state index contributed by atoms with van der Waals surface area (Å²) in [7, 11) is 0. The minimum atomic E-state index is -1.66. The van der Waals surface area contributed by atoms with Crippen LogP contribution in [0.1, 0.15) is 41.0 Å². The van der Waals surface area contributed by atoms with E-state index in [2.05, 4.69) is 6.58 Å². The highest BCUT2D eigenvalue weighted by Gasteiger charge is 2.65. The van der Waals surface area contributed by atoms with Crippen LogP contribution in [0.15, 0.2) is 34.9 Å². The minimum Gasteiger partial charge on any atom is -0.462 e. The van der Waals surface area contributed by atoms with E-state index in [0.717, 1.165) is 11.1 Å². The highest BCUT2D eigenvalue weighted by molar-refractivity contribution is 6.09. The van der Waals surface area contributed by atoms with Gasteiger partial charge >= 0.3 is 17.9 Å². The van der Waals surface area contributed by atoms with Crippen molar-refractivity contribution in [3.8, 4) is 0 Å². The molecule has 0 saturated carbocycles. The third-order valence-electron chi connectivity index (χ3n) is 5.73. The average molecular weight is 388 g/mol. The number of hydrogen-bond donors (Lipinski definition) is 0. The zero-order valence-corrected chi connectivity index (χ0v) is 16.7. The molecule has 0 bridgehead atoms. The van der Waals surface area contributed by atoms with Gasteiger partial charge in [-0.1, -0.05) is 17.7 Å². The lowest BCUT2D eigenvalue weighted by atomic mass is 9.77. The second-order valence-corrected chi connectivity index (χ2v) is 7.95. The van der Waals surface area contributed by atoms with E-state index in [1.165, 1.54) is 26.8 Å². The average Bonchev–Trinajstić information content (AvgIpc) is 2.94. The maximum atomic E-state index is 12.8. The fourth-order valence-electron chi connectivity index (χ4n) is 4.52. The van der Waals surface area contributed by atoms with Gasteiger partial charge in [0.25, 0.3) is 0 Å². The summed E-state index contributed by atoms with van der Waals surface area (Å²) < 4.78 is 16.7. The highest BCUT2D eigenvalue weighted by Crippen LogP contribution is 2.51. The molecule has 1 aliphatic heterocycles. The third kappa shape index (κ3) is 2.99. The van der Waals surface area contributed by atoms with Gasteiger partial charge in [0.05, 0.1) is 5.92 Å². The molecule has 0 N–H and O–H groups in total. The summed E-state index contributed by atoms with van der Waals surface area (Å²) in [6, 6.07) is 0. The molecule has 1 fully saturated rings. The number of ketones is 1. The Hall–Kier alpha value is -2.70. The van der Waals surface area contributed by atoms with Crippen molar-refractivity contribution in [3.05, 3.63) is 34.9 Å². The van der Waals surface area contributed by atoms with Crippen LogP contribution in [0, 0.1) is 11.8 Å². The molecule has 0 aromatic rings. The molecule has 150 valence electrons. The van der Waals surface area contributed by atoms with Gasteiger partial charge in [-0.2, -0.15) is 0 Å². The van der Waals surface area contributed by atoms with Gasteiger partial charge in [0.1, 0.15) is 12.2 Å². The van der Waals surface area contributed by atoms with Gasteiger partial charge in [-0.05, 0) is 33.8 Å². The number of rotatable bonds is 3. The van der Waals surface area contributed by atoms with Crippen molar-refractivity contribution in [2.45, 2.75) is 58.8 Å². The second kappa shape index (κ2) is 6.72. The molecule has 3 rings (SSSR count). The number of hydrogen-bond acceptors (Lipinski definition) is 7. The molecule has 0 spiro atoms. The topological polar surface area (TPSA) is 96.0 Å². The number of allylic oxidation sites excluding steroid dienone is 1. The minimum absolute atomic E-state index is 0.134. The molecule has 1 heterocycles. The maximum Gasteiger partial charge on any atom is 0.351 e. The third-order valence-corrected chi connectivity index (χ3v) is 5.73. The van der Waals surface area contributed by atoms with Gasteiger partial charge in [-0.15, -0.1) is 0 Å². The summed E-state index contributed by atoms with van der Waals surface area (Å²) in [5.41, 5.74) is 0.569. The molecule has 0 unspecified atom stereocenters. The lowest BCUT2D eigenvalue weighted by molar-refractivity contribution is -0.175. The van der Waals surface area contributed by atoms with Crippen LogP contribution < -0.4 is 0 Å². The zero-order chi connectivity index (χ0) is 21.0. The summed E-state index contributed by atoms with van der Waals surface area (Å²) in [4.78, 5) is 49.4. The number of ether oxygens (including phenoxy) is 3. The largest absolute Gasteiger partial charge is 0.462 e. The SMILES string of the molecule is C=C(C)C(=O)O[C@@]1(C)C(=O)O[C@@H]2[C@H]3C(C)=CC(=O)C3=C(C)C[C@H](OC(C)=O)[C@H]21. The van der Waals surface area contributed by atoms with Crippen LogP contribution >= 0.6 is 0 Å². The normalized spacial score (nSPS) is 34.1.